The Balaban J connectivity index is 2.01. The second-order valence-electron chi connectivity index (χ2n) is 8.99. The second-order valence-corrected chi connectivity index (χ2v) is 13.3. The van der Waals surface area contributed by atoms with Crippen LogP contribution in [0.2, 0.25) is 5.04 Å². The van der Waals surface area contributed by atoms with Crippen LogP contribution in [0.4, 0.5) is 0 Å². The second kappa shape index (κ2) is 8.82. The number of benzene rings is 2. The Labute approximate surface area is 175 Å². The van der Waals surface area contributed by atoms with Crippen LogP contribution in [0, 0.1) is 11.8 Å². The first-order chi connectivity index (χ1) is 13.8. The van der Waals surface area contributed by atoms with Gasteiger partial charge in [0.1, 0.15) is 0 Å². The highest BCUT2D eigenvalue weighted by Gasteiger charge is 2.51. The molecule has 1 unspecified atom stereocenters. The molecule has 2 aromatic carbocycles. The number of rotatable bonds is 6. The van der Waals surface area contributed by atoms with Gasteiger partial charge in [-0.3, -0.25) is 4.79 Å². The average Bonchev–Trinajstić information content (AvgIpc) is 3.09. The smallest absolute Gasteiger partial charge is 0.309 e. The van der Waals surface area contributed by atoms with Gasteiger partial charge in [0.25, 0.3) is 8.32 Å². The monoisotopic (exact) mass is 412 g/mol. The van der Waals surface area contributed by atoms with Crippen LogP contribution < -0.4 is 10.4 Å². The maximum atomic E-state index is 12.3. The van der Waals surface area contributed by atoms with Gasteiger partial charge in [0.2, 0.25) is 0 Å². The third-order valence-electron chi connectivity index (χ3n) is 6.10. The van der Waals surface area contributed by atoms with Gasteiger partial charge in [0, 0.05) is 6.61 Å². The lowest BCUT2D eigenvalue weighted by Gasteiger charge is -2.43. The maximum absolute atomic E-state index is 12.3. The molecule has 1 N–H and O–H groups in total. The van der Waals surface area contributed by atoms with Gasteiger partial charge in [-0.25, -0.2) is 0 Å². The van der Waals surface area contributed by atoms with Crippen molar-refractivity contribution in [2.75, 3.05) is 13.7 Å². The molecule has 0 aromatic heterocycles. The lowest BCUT2D eigenvalue weighted by atomic mass is 9.97. The van der Waals surface area contributed by atoms with Gasteiger partial charge in [-0.05, 0) is 34.2 Å². The van der Waals surface area contributed by atoms with E-state index in [2.05, 4.69) is 69.3 Å². The molecule has 3 rings (SSSR count). The van der Waals surface area contributed by atoms with Gasteiger partial charge in [-0.2, -0.15) is 0 Å². The number of ether oxygens (including phenoxy) is 1. The quantitative estimate of drug-likeness (QED) is 0.585. The van der Waals surface area contributed by atoms with Crippen LogP contribution in [0.5, 0.6) is 0 Å². The van der Waals surface area contributed by atoms with Crippen LogP contribution in [-0.2, 0) is 14.0 Å². The zero-order valence-corrected chi connectivity index (χ0v) is 18.8. The standard InChI is InChI=1S/C24H32O4Si/c1-24(2,3)29(20-11-7-5-8-12-20,21-13-9-6-10-14-21)28-17-18-15-19(25)16-22(18)23(26)27-4/h5-14,18-19,22,25H,15-17H2,1-4H3/t18-,19-,22?/m0/s1. The molecule has 1 aliphatic rings. The number of hydrogen-bond acceptors (Lipinski definition) is 4. The SMILES string of the molecule is COC(=O)C1C[C@@H](O)C[C@H]1CO[Si](c1ccccc1)(c1ccccc1)C(C)(C)C. The fourth-order valence-corrected chi connectivity index (χ4v) is 9.33. The average molecular weight is 413 g/mol. The van der Waals surface area contributed by atoms with Crippen molar-refractivity contribution in [2.45, 2.75) is 44.8 Å². The van der Waals surface area contributed by atoms with Crippen LogP contribution in [0.25, 0.3) is 0 Å². The van der Waals surface area contributed by atoms with E-state index in [9.17, 15) is 9.90 Å². The number of hydrogen-bond donors (Lipinski definition) is 1. The first kappa shape index (κ1) is 21.7. The van der Waals surface area contributed by atoms with E-state index in [1.165, 1.54) is 17.5 Å². The minimum Gasteiger partial charge on any atom is -0.469 e. The van der Waals surface area contributed by atoms with Gasteiger partial charge in [0.15, 0.2) is 0 Å². The summed E-state index contributed by atoms with van der Waals surface area (Å²) in [5.41, 5.74) is 0. The Morgan fingerprint density at radius 1 is 1.00 bits per heavy atom. The highest BCUT2D eigenvalue weighted by atomic mass is 28.4. The molecule has 0 amide bonds. The topological polar surface area (TPSA) is 55.8 Å². The van der Waals surface area contributed by atoms with E-state index < -0.39 is 14.4 Å². The normalized spacial score (nSPS) is 22.4. The summed E-state index contributed by atoms with van der Waals surface area (Å²) < 4.78 is 11.9. The fraction of sp³-hybridized carbons (Fsp3) is 0.458. The molecule has 2 aromatic rings. The fourth-order valence-electron chi connectivity index (χ4n) is 4.71. The minimum absolute atomic E-state index is 0.0425. The highest BCUT2D eigenvalue weighted by Crippen LogP contribution is 2.39. The Bertz CT molecular complexity index is 761. The molecular weight excluding hydrogens is 380 g/mol. The summed E-state index contributed by atoms with van der Waals surface area (Å²) >= 11 is 0. The largest absolute Gasteiger partial charge is 0.469 e. The number of aliphatic hydroxyl groups excluding tert-OH is 1. The third kappa shape index (κ3) is 4.32. The minimum atomic E-state index is -2.65. The Kier molecular flexibility index (Phi) is 6.61. The molecule has 29 heavy (non-hydrogen) atoms. The lowest BCUT2D eigenvalue weighted by Crippen LogP contribution is -2.67. The molecule has 3 atom stereocenters. The number of carbonyl (C=O) groups is 1. The van der Waals surface area contributed by atoms with Crippen LogP contribution >= 0.6 is 0 Å². The van der Waals surface area contributed by atoms with Crippen molar-refractivity contribution >= 4 is 24.7 Å². The Morgan fingerprint density at radius 2 is 1.52 bits per heavy atom. The summed E-state index contributed by atoms with van der Waals surface area (Å²) in [5, 5.41) is 12.5. The molecule has 1 fully saturated rings. The zero-order valence-electron chi connectivity index (χ0n) is 17.8. The summed E-state index contributed by atoms with van der Waals surface area (Å²) in [4.78, 5) is 12.3. The summed E-state index contributed by atoms with van der Waals surface area (Å²) in [7, 11) is -1.24. The molecule has 0 spiro atoms. The Morgan fingerprint density at radius 3 is 1.97 bits per heavy atom. The highest BCUT2D eigenvalue weighted by molar-refractivity contribution is 6.99. The zero-order chi connectivity index (χ0) is 21.1. The molecule has 156 valence electrons. The summed E-state index contributed by atoms with van der Waals surface area (Å²) in [5.74, 6) is -0.607. The predicted molar refractivity (Wildman–Crippen MR) is 118 cm³/mol. The summed E-state index contributed by atoms with van der Waals surface area (Å²) in [6, 6.07) is 20.9. The predicted octanol–water partition coefficient (Wildman–Crippen LogP) is 3.12. The molecule has 0 bridgehead atoms. The summed E-state index contributed by atoms with van der Waals surface area (Å²) in [6.07, 6.45) is 0.534. The number of aliphatic hydroxyl groups is 1. The molecule has 0 saturated heterocycles. The molecule has 5 heteroatoms. The maximum Gasteiger partial charge on any atom is 0.309 e. The van der Waals surface area contributed by atoms with E-state index in [1.807, 2.05) is 12.1 Å². The molecule has 0 heterocycles. The lowest BCUT2D eigenvalue weighted by molar-refractivity contribution is -0.147. The van der Waals surface area contributed by atoms with Crippen molar-refractivity contribution in [1.29, 1.82) is 0 Å². The number of methoxy groups -OCH3 is 1. The van der Waals surface area contributed by atoms with E-state index in [4.69, 9.17) is 9.16 Å². The number of carbonyl (C=O) groups excluding carboxylic acids is 1. The van der Waals surface area contributed by atoms with Crippen LogP contribution in [0.1, 0.15) is 33.6 Å². The van der Waals surface area contributed by atoms with Crippen LogP contribution in [-0.4, -0.2) is 39.2 Å². The van der Waals surface area contributed by atoms with Gasteiger partial charge >= 0.3 is 5.97 Å². The van der Waals surface area contributed by atoms with E-state index in [0.717, 1.165) is 0 Å². The third-order valence-corrected chi connectivity index (χ3v) is 11.1. The molecule has 4 nitrogen and oxygen atoms in total. The molecule has 0 radical (unpaired) electrons. The van der Waals surface area contributed by atoms with Crippen molar-refractivity contribution in [3.8, 4) is 0 Å². The van der Waals surface area contributed by atoms with Gasteiger partial charge in [-0.1, -0.05) is 81.4 Å². The molecule has 1 aliphatic carbocycles. The van der Waals surface area contributed by atoms with Crippen molar-refractivity contribution in [2.24, 2.45) is 11.8 Å². The Hall–Kier alpha value is -1.95. The number of esters is 1. The molecular formula is C24H32O4Si. The van der Waals surface area contributed by atoms with Crippen molar-refractivity contribution in [3.63, 3.8) is 0 Å². The summed E-state index contributed by atoms with van der Waals surface area (Å²) in [6.45, 7) is 7.14. The molecule has 1 saturated carbocycles. The first-order valence-corrected chi connectivity index (χ1v) is 12.2. The van der Waals surface area contributed by atoms with E-state index >= 15 is 0 Å². The van der Waals surface area contributed by atoms with Crippen molar-refractivity contribution in [3.05, 3.63) is 60.7 Å². The van der Waals surface area contributed by atoms with E-state index in [0.29, 0.717) is 19.4 Å². The van der Waals surface area contributed by atoms with Crippen LogP contribution in [0.15, 0.2) is 60.7 Å². The van der Waals surface area contributed by atoms with E-state index in [1.54, 1.807) is 0 Å². The van der Waals surface area contributed by atoms with Crippen molar-refractivity contribution < 1.29 is 19.1 Å². The van der Waals surface area contributed by atoms with Crippen molar-refractivity contribution in [1.82, 2.24) is 0 Å². The first-order valence-electron chi connectivity index (χ1n) is 10.3. The van der Waals surface area contributed by atoms with Crippen LogP contribution in [0.3, 0.4) is 0 Å². The van der Waals surface area contributed by atoms with Gasteiger partial charge in [-0.15, -0.1) is 0 Å². The van der Waals surface area contributed by atoms with E-state index in [-0.39, 0.29) is 22.8 Å². The molecule has 0 aliphatic heterocycles. The van der Waals surface area contributed by atoms with Gasteiger partial charge in [0.05, 0.1) is 19.1 Å². The van der Waals surface area contributed by atoms with Gasteiger partial charge < -0.3 is 14.3 Å².